The van der Waals surface area contributed by atoms with Crippen molar-refractivity contribution in [3.63, 3.8) is 0 Å². The molecule has 0 aliphatic carbocycles. The lowest BCUT2D eigenvalue weighted by Gasteiger charge is -2.11. The van der Waals surface area contributed by atoms with Crippen molar-refractivity contribution in [2.45, 2.75) is 23.8 Å². The molecule has 0 aromatic heterocycles. The molecule has 0 unspecified atom stereocenters. The SMILES string of the molecule is Nc1ccc(S(=O)(=O)NC[C@@H]2CCCO2)cc1. The molecule has 1 fully saturated rings. The predicted octanol–water partition coefficient (Wildman–Crippen LogP) is 0.726. The summed E-state index contributed by atoms with van der Waals surface area (Å²) in [4.78, 5) is 0.227. The van der Waals surface area contributed by atoms with Gasteiger partial charge in [0.05, 0.1) is 11.0 Å². The summed E-state index contributed by atoms with van der Waals surface area (Å²) in [6, 6.07) is 6.13. The lowest BCUT2D eigenvalue weighted by Crippen LogP contribution is -2.31. The van der Waals surface area contributed by atoms with Crippen LogP contribution in [-0.2, 0) is 14.8 Å². The maximum atomic E-state index is 11.9. The molecule has 1 aliphatic heterocycles. The summed E-state index contributed by atoms with van der Waals surface area (Å²) < 4.78 is 31.7. The Morgan fingerprint density at radius 1 is 1.35 bits per heavy atom. The summed E-state index contributed by atoms with van der Waals surface area (Å²) in [6.45, 7) is 1.04. The van der Waals surface area contributed by atoms with E-state index in [2.05, 4.69) is 4.72 Å². The van der Waals surface area contributed by atoms with E-state index in [9.17, 15) is 8.42 Å². The Hall–Kier alpha value is -1.11. The normalized spacial score (nSPS) is 20.6. The fourth-order valence-corrected chi connectivity index (χ4v) is 2.80. The molecule has 1 aliphatic rings. The van der Waals surface area contributed by atoms with Crippen molar-refractivity contribution in [2.75, 3.05) is 18.9 Å². The van der Waals surface area contributed by atoms with Crippen molar-refractivity contribution in [3.8, 4) is 0 Å². The third kappa shape index (κ3) is 3.18. The van der Waals surface area contributed by atoms with Crippen LogP contribution in [0.2, 0.25) is 0 Å². The van der Waals surface area contributed by atoms with Crippen LogP contribution in [0.3, 0.4) is 0 Å². The Kier molecular flexibility index (Phi) is 3.66. The molecule has 1 aromatic carbocycles. The van der Waals surface area contributed by atoms with Gasteiger partial charge in [-0.25, -0.2) is 13.1 Å². The first kappa shape index (κ1) is 12.3. The summed E-state index contributed by atoms with van der Waals surface area (Å²) in [5.41, 5.74) is 6.05. The number of anilines is 1. The van der Waals surface area contributed by atoms with E-state index in [1.165, 1.54) is 12.1 Å². The van der Waals surface area contributed by atoms with Crippen LogP contribution in [0.4, 0.5) is 5.69 Å². The van der Waals surface area contributed by atoms with Gasteiger partial charge >= 0.3 is 0 Å². The minimum Gasteiger partial charge on any atom is -0.399 e. The van der Waals surface area contributed by atoms with Crippen molar-refractivity contribution >= 4 is 15.7 Å². The number of hydrogen-bond acceptors (Lipinski definition) is 4. The Bertz CT molecular complexity index is 464. The first-order valence-electron chi connectivity index (χ1n) is 5.55. The second kappa shape index (κ2) is 5.03. The fourth-order valence-electron chi connectivity index (χ4n) is 1.74. The van der Waals surface area contributed by atoms with Crippen molar-refractivity contribution in [3.05, 3.63) is 24.3 Å². The standard InChI is InChI=1S/C11H16N2O3S/c12-9-3-5-11(6-4-9)17(14,15)13-8-10-2-1-7-16-10/h3-6,10,13H,1-2,7-8,12H2/t10-/m0/s1. The maximum absolute atomic E-state index is 11.9. The number of ether oxygens (including phenoxy) is 1. The number of nitrogens with two attached hydrogens (primary N) is 1. The molecule has 3 N–H and O–H groups in total. The molecule has 1 aromatic rings. The van der Waals surface area contributed by atoms with Crippen LogP contribution in [0.15, 0.2) is 29.2 Å². The fraction of sp³-hybridized carbons (Fsp3) is 0.455. The second-order valence-corrected chi connectivity index (χ2v) is 5.82. The van der Waals surface area contributed by atoms with Gasteiger partial charge in [0.2, 0.25) is 10.0 Å². The quantitative estimate of drug-likeness (QED) is 0.778. The van der Waals surface area contributed by atoms with Crippen LogP contribution in [0, 0.1) is 0 Å². The molecule has 1 heterocycles. The van der Waals surface area contributed by atoms with Gasteiger partial charge in [-0.15, -0.1) is 0 Å². The van der Waals surface area contributed by atoms with Gasteiger partial charge in [-0.1, -0.05) is 0 Å². The number of rotatable bonds is 4. The number of benzene rings is 1. The van der Waals surface area contributed by atoms with Crippen LogP contribution in [-0.4, -0.2) is 27.7 Å². The number of sulfonamides is 1. The van der Waals surface area contributed by atoms with Gasteiger partial charge in [-0.2, -0.15) is 0 Å². The van der Waals surface area contributed by atoms with Gasteiger partial charge < -0.3 is 10.5 Å². The number of nitrogen functional groups attached to an aromatic ring is 1. The predicted molar refractivity (Wildman–Crippen MR) is 65.0 cm³/mol. The first-order valence-corrected chi connectivity index (χ1v) is 7.03. The Morgan fingerprint density at radius 2 is 2.06 bits per heavy atom. The third-order valence-corrected chi connectivity index (χ3v) is 4.15. The maximum Gasteiger partial charge on any atom is 0.240 e. The Morgan fingerprint density at radius 3 is 2.65 bits per heavy atom. The van der Waals surface area contributed by atoms with Crippen LogP contribution in [0.1, 0.15) is 12.8 Å². The highest BCUT2D eigenvalue weighted by molar-refractivity contribution is 7.89. The van der Waals surface area contributed by atoms with Crippen molar-refractivity contribution in [1.82, 2.24) is 4.72 Å². The van der Waals surface area contributed by atoms with Gasteiger partial charge in [0.15, 0.2) is 0 Å². The highest BCUT2D eigenvalue weighted by Crippen LogP contribution is 2.14. The van der Waals surface area contributed by atoms with Crippen LogP contribution in [0.5, 0.6) is 0 Å². The molecule has 5 nitrogen and oxygen atoms in total. The molecule has 1 atom stereocenters. The topological polar surface area (TPSA) is 81.4 Å². The summed E-state index contributed by atoms with van der Waals surface area (Å²) in [7, 11) is -3.45. The average Bonchev–Trinajstić information content (AvgIpc) is 2.80. The van der Waals surface area contributed by atoms with E-state index in [4.69, 9.17) is 10.5 Å². The molecule has 0 amide bonds. The summed E-state index contributed by atoms with van der Waals surface area (Å²) in [5.74, 6) is 0. The van der Waals surface area contributed by atoms with Gasteiger partial charge in [-0.05, 0) is 37.1 Å². The van der Waals surface area contributed by atoms with E-state index >= 15 is 0 Å². The van der Waals surface area contributed by atoms with E-state index in [1.54, 1.807) is 12.1 Å². The zero-order valence-corrected chi connectivity index (χ0v) is 10.2. The van der Waals surface area contributed by atoms with E-state index < -0.39 is 10.0 Å². The zero-order valence-electron chi connectivity index (χ0n) is 9.43. The van der Waals surface area contributed by atoms with Crippen LogP contribution in [0.25, 0.3) is 0 Å². The van der Waals surface area contributed by atoms with Gasteiger partial charge in [0.25, 0.3) is 0 Å². The van der Waals surface area contributed by atoms with Gasteiger partial charge in [-0.3, -0.25) is 0 Å². The molecular weight excluding hydrogens is 240 g/mol. The first-order chi connectivity index (χ1) is 8.08. The van der Waals surface area contributed by atoms with Crippen LogP contribution < -0.4 is 10.5 Å². The zero-order chi connectivity index (χ0) is 12.3. The molecular formula is C11H16N2O3S. The second-order valence-electron chi connectivity index (χ2n) is 4.06. The molecule has 94 valence electrons. The summed E-state index contributed by atoms with van der Waals surface area (Å²) in [5, 5.41) is 0. The minimum atomic E-state index is -3.45. The van der Waals surface area contributed by atoms with E-state index in [-0.39, 0.29) is 11.0 Å². The third-order valence-electron chi connectivity index (χ3n) is 2.72. The molecule has 0 spiro atoms. The lowest BCUT2D eigenvalue weighted by atomic mass is 10.2. The van der Waals surface area contributed by atoms with Crippen molar-refractivity contribution in [2.24, 2.45) is 0 Å². The Labute approximate surface area is 101 Å². The smallest absolute Gasteiger partial charge is 0.240 e. The van der Waals surface area contributed by atoms with Crippen molar-refractivity contribution < 1.29 is 13.2 Å². The molecule has 0 bridgehead atoms. The number of nitrogens with one attached hydrogen (secondary N) is 1. The molecule has 2 rings (SSSR count). The monoisotopic (exact) mass is 256 g/mol. The Balaban J connectivity index is 2.00. The van der Waals surface area contributed by atoms with Crippen molar-refractivity contribution in [1.29, 1.82) is 0 Å². The summed E-state index contributed by atoms with van der Waals surface area (Å²) in [6.07, 6.45) is 1.90. The largest absolute Gasteiger partial charge is 0.399 e. The molecule has 1 saturated heterocycles. The highest BCUT2D eigenvalue weighted by Gasteiger charge is 2.19. The van der Waals surface area contributed by atoms with Gasteiger partial charge in [0.1, 0.15) is 0 Å². The highest BCUT2D eigenvalue weighted by atomic mass is 32.2. The molecule has 6 heteroatoms. The summed E-state index contributed by atoms with van der Waals surface area (Å²) >= 11 is 0. The van der Waals surface area contributed by atoms with Gasteiger partial charge in [0, 0.05) is 18.8 Å². The van der Waals surface area contributed by atoms with E-state index in [1.807, 2.05) is 0 Å². The lowest BCUT2D eigenvalue weighted by molar-refractivity contribution is 0.114. The van der Waals surface area contributed by atoms with E-state index in [0.29, 0.717) is 18.8 Å². The minimum absolute atomic E-state index is 0.00134. The number of hydrogen-bond donors (Lipinski definition) is 2. The van der Waals surface area contributed by atoms with E-state index in [0.717, 1.165) is 12.8 Å². The molecule has 0 saturated carbocycles. The van der Waals surface area contributed by atoms with Crippen LogP contribution >= 0.6 is 0 Å². The molecule has 17 heavy (non-hydrogen) atoms. The molecule has 0 radical (unpaired) electrons. The average molecular weight is 256 g/mol.